The van der Waals surface area contributed by atoms with Crippen molar-refractivity contribution >= 4 is 10.8 Å². The Balaban J connectivity index is 1.40. The van der Waals surface area contributed by atoms with Gasteiger partial charge in [0.2, 0.25) is 0 Å². The van der Waals surface area contributed by atoms with E-state index in [1.54, 1.807) is 7.11 Å². The maximum absolute atomic E-state index is 13.0. The van der Waals surface area contributed by atoms with Gasteiger partial charge >= 0.3 is 0 Å². The highest BCUT2D eigenvalue weighted by atomic mass is 32.2. The lowest BCUT2D eigenvalue weighted by Gasteiger charge is -2.44. The van der Waals surface area contributed by atoms with E-state index in [0.717, 1.165) is 21.6 Å². The molecular weight excluding hydrogens is 402 g/mol. The third-order valence-electron chi connectivity index (χ3n) is 7.73. The second-order valence-corrected chi connectivity index (χ2v) is 11.3. The molecule has 1 aliphatic heterocycles. The Hall–Kier alpha value is -1.65. The summed E-state index contributed by atoms with van der Waals surface area (Å²) in [4.78, 5) is 4.44. The summed E-state index contributed by atoms with van der Waals surface area (Å²) in [6, 6.07) is 16.8. The molecule has 1 unspecified atom stereocenters. The second-order valence-electron chi connectivity index (χ2n) is 9.79. The van der Waals surface area contributed by atoms with Crippen LogP contribution in [0.5, 0.6) is 5.75 Å². The van der Waals surface area contributed by atoms with Gasteiger partial charge in [-0.2, -0.15) is 0 Å². The van der Waals surface area contributed by atoms with Crippen LogP contribution in [-0.2, 0) is 16.2 Å². The lowest BCUT2D eigenvalue weighted by Crippen LogP contribution is -2.45. The average molecular weight is 440 g/mol. The number of benzene rings is 2. The molecule has 0 aromatic heterocycles. The van der Waals surface area contributed by atoms with Gasteiger partial charge in [-0.3, -0.25) is 0 Å². The highest BCUT2D eigenvalue weighted by Crippen LogP contribution is 2.39. The number of piperidine rings is 1. The van der Waals surface area contributed by atoms with Crippen LogP contribution in [0.2, 0.25) is 0 Å². The molecule has 1 heterocycles. The van der Waals surface area contributed by atoms with Gasteiger partial charge in [0.05, 0.1) is 17.9 Å². The van der Waals surface area contributed by atoms with Crippen molar-refractivity contribution in [1.29, 1.82) is 0 Å². The van der Waals surface area contributed by atoms with E-state index in [2.05, 4.69) is 43.0 Å². The number of rotatable bonds is 6. The van der Waals surface area contributed by atoms with E-state index < -0.39 is 10.8 Å². The molecule has 1 atom stereocenters. The van der Waals surface area contributed by atoms with E-state index in [1.165, 1.54) is 63.6 Å². The number of ether oxygens (including phenoxy) is 1. The van der Waals surface area contributed by atoms with Crippen molar-refractivity contribution in [2.24, 2.45) is 5.92 Å². The Labute approximate surface area is 190 Å². The van der Waals surface area contributed by atoms with Gasteiger partial charge in [0, 0.05) is 15.8 Å². The summed E-state index contributed by atoms with van der Waals surface area (Å²) in [5, 5.41) is 0. The Morgan fingerprint density at radius 3 is 1.94 bits per heavy atom. The van der Waals surface area contributed by atoms with Gasteiger partial charge in [0.25, 0.3) is 0 Å². The minimum Gasteiger partial charge on any atom is -0.497 e. The molecule has 2 fully saturated rings. The Morgan fingerprint density at radius 1 is 0.839 bits per heavy atom. The predicted molar refractivity (Wildman–Crippen MR) is 128 cm³/mol. The molecule has 0 amide bonds. The van der Waals surface area contributed by atoms with E-state index in [0.29, 0.717) is 5.92 Å². The maximum Gasteiger partial charge on any atom is 0.118 e. The first kappa shape index (κ1) is 22.5. The number of likely N-dealkylation sites (tertiary alicyclic amines) is 1. The molecule has 4 rings (SSSR count). The summed E-state index contributed by atoms with van der Waals surface area (Å²) in [6.07, 6.45) is 9.63. The fourth-order valence-electron chi connectivity index (χ4n) is 5.51. The molecule has 0 bridgehead atoms. The van der Waals surface area contributed by atoms with Crippen LogP contribution in [0, 0.1) is 5.92 Å². The van der Waals surface area contributed by atoms with Crippen molar-refractivity contribution in [1.82, 2.24) is 4.90 Å². The van der Waals surface area contributed by atoms with Gasteiger partial charge in [0.1, 0.15) is 5.75 Å². The second kappa shape index (κ2) is 9.87. The average Bonchev–Trinajstić information content (AvgIpc) is 2.84. The topological polar surface area (TPSA) is 29.5 Å². The van der Waals surface area contributed by atoms with Crippen LogP contribution in [0.1, 0.15) is 64.4 Å². The summed E-state index contributed by atoms with van der Waals surface area (Å²) in [6.45, 7) is 7.28. The molecule has 3 nitrogen and oxygen atoms in total. The van der Waals surface area contributed by atoms with Crippen LogP contribution in [0.4, 0.5) is 0 Å². The van der Waals surface area contributed by atoms with Crippen molar-refractivity contribution < 1.29 is 8.95 Å². The Bertz CT molecular complexity index is 861. The van der Waals surface area contributed by atoms with Crippen LogP contribution in [0.15, 0.2) is 58.3 Å². The molecule has 2 aliphatic rings. The lowest BCUT2D eigenvalue weighted by molar-refractivity contribution is 0.0847. The molecule has 1 saturated heterocycles. The molecule has 31 heavy (non-hydrogen) atoms. The van der Waals surface area contributed by atoms with E-state index >= 15 is 0 Å². The highest BCUT2D eigenvalue weighted by molar-refractivity contribution is 7.85. The molecule has 0 radical (unpaired) electrons. The molecule has 168 valence electrons. The minimum atomic E-state index is -1.17. The molecular formula is C27H37NO2S. The van der Waals surface area contributed by atoms with Crippen LogP contribution in [-0.4, -0.2) is 35.3 Å². The zero-order valence-electron chi connectivity index (χ0n) is 19.3. The predicted octanol–water partition coefficient (Wildman–Crippen LogP) is 6.18. The molecule has 1 aliphatic carbocycles. The van der Waals surface area contributed by atoms with Crippen molar-refractivity contribution in [3.05, 3.63) is 54.1 Å². The summed E-state index contributed by atoms with van der Waals surface area (Å²) in [5.41, 5.74) is 1.50. The third kappa shape index (κ3) is 5.06. The highest BCUT2D eigenvalue weighted by Gasteiger charge is 2.35. The molecule has 0 N–H and O–H groups in total. The normalized spacial score (nSPS) is 20.5. The van der Waals surface area contributed by atoms with Crippen molar-refractivity contribution in [3.8, 4) is 5.75 Å². The van der Waals surface area contributed by atoms with Crippen LogP contribution in [0.25, 0.3) is 0 Å². The zero-order chi connectivity index (χ0) is 21.8. The van der Waals surface area contributed by atoms with Gasteiger partial charge in [-0.25, -0.2) is 4.21 Å². The van der Waals surface area contributed by atoms with Gasteiger partial charge in [0.15, 0.2) is 0 Å². The third-order valence-corrected chi connectivity index (χ3v) is 9.13. The molecule has 2 aromatic rings. The summed E-state index contributed by atoms with van der Waals surface area (Å²) >= 11 is 0. The molecule has 1 saturated carbocycles. The number of hydrogen-bond acceptors (Lipinski definition) is 3. The SMILES string of the molecule is COc1ccc(S(=O)c2ccc(C(C)(C)C3CCN(C4CCCCC4)CC3)cc2)cc1. The van der Waals surface area contributed by atoms with E-state index in [1.807, 2.05) is 24.3 Å². The summed E-state index contributed by atoms with van der Waals surface area (Å²) < 4.78 is 18.2. The van der Waals surface area contributed by atoms with Crippen molar-refractivity contribution in [3.63, 3.8) is 0 Å². The summed E-state index contributed by atoms with van der Waals surface area (Å²) in [5.74, 6) is 1.48. The van der Waals surface area contributed by atoms with Crippen molar-refractivity contribution in [2.45, 2.75) is 80.0 Å². The van der Waals surface area contributed by atoms with Gasteiger partial charge in [-0.05, 0) is 92.1 Å². The van der Waals surface area contributed by atoms with E-state index in [9.17, 15) is 4.21 Å². The van der Waals surface area contributed by atoms with Gasteiger partial charge < -0.3 is 9.64 Å². The van der Waals surface area contributed by atoms with Crippen LogP contribution >= 0.6 is 0 Å². The van der Waals surface area contributed by atoms with Crippen molar-refractivity contribution in [2.75, 3.05) is 20.2 Å². The number of hydrogen-bond donors (Lipinski definition) is 0. The van der Waals surface area contributed by atoms with E-state index in [4.69, 9.17) is 4.74 Å². The fraction of sp³-hybridized carbons (Fsp3) is 0.556. The summed E-state index contributed by atoms with van der Waals surface area (Å²) in [7, 11) is 0.478. The minimum absolute atomic E-state index is 0.138. The maximum atomic E-state index is 13.0. The largest absolute Gasteiger partial charge is 0.497 e. The Morgan fingerprint density at radius 2 is 1.39 bits per heavy atom. The number of methoxy groups -OCH3 is 1. The quantitative estimate of drug-likeness (QED) is 0.538. The first-order valence-electron chi connectivity index (χ1n) is 11.9. The molecule has 0 spiro atoms. The van der Waals surface area contributed by atoms with Gasteiger partial charge in [-0.15, -0.1) is 0 Å². The van der Waals surface area contributed by atoms with Gasteiger partial charge in [-0.1, -0.05) is 45.2 Å². The number of nitrogens with zero attached hydrogens (tertiary/aromatic N) is 1. The van der Waals surface area contributed by atoms with Crippen LogP contribution in [0.3, 0.4) is 0 Å². The first-order valence-corrected chi connectivity index (χ1v) is 13.0. The lowest BCUT2D eigenvalue weighted by atomic mass is 9.69. The van der Waals surface area contributed by atoms with E-state index in [-0.39, 0.29) is 5.41 Å². The standard InChI is InChI=1S/C27H37NO2S/c1-27(2,22-17-19-28(20-18-22)23-7-5-4-6-8-23)21-9-13-25(14-10-21)31(29)26-15-11-24(30-3)12-16-26/h9-16,22-23H,4-8,17-20H2,1-3H3. The fourth-order valence-corrected chi connectivity index (χ4v) is 6.55. The molecule has 2 aromatic carbocycles. The first-order chi connectivity index (χ1) is 15.0. The van der Waals surface area contributed by atoms with Crippen LogP contribution < -0.4 is 4.74 Å². The Kier molecular flexibility index (Phi) is 7.18. The zero-order valence-corrected chi connectivity index (χ0v) is 20.1. The molecule has 4 heteroatoms. The smallest absolute Gasteiger partial charge is 0.118 e. The monoisotopic (exact) mass is 439 g/mol.